The van der Waals surface area contributed by atoms with E-state index in [0.29, 0.717) is 18.3 Å². The zero-order valence-corrected chi connectivity index (χ0v) is 8.42. The highest BCUT2D eigenvalue weighted by Gasteiger charge is 2.22. The lowest BCUT2D eigenvalue weighted by Crippen LogP contribution is -2.03. The average molecular weight is 194 g/mol. The molecule has 0 unspecified atom stereocenters. The van der Waals surface area contributed by atoms with Crippen LogP contribution in [0.1, 0.15) is 25.3 Å². The molecule has 1 aliphatic carbocycles. The maximum Gasteiger partial charge on any atom is 0.165 e. The van der Waals surface area contributed by atoms with Gasteiger partial charge in [0, 0.05) is 0 Å². The van der Waals surface area contributed by atoms with Crippen molar-refractivity contribution < 1.29 is 9.13 Å². The summed E-state index contributed by atoms with van der Waals surface area (Å²) in [4.78, 5) is 0. The lowest BCUT2D eigenvalue weighted by Gasteiger charge is -2.10. The molecular formula is C12H15FO. The van der Waals surface area contributed by atoms with E-state index >= 15 is 0 Å². The molecule has 0 N–H and O–H groups in total. The van der Waals surface area contributed by atoms with Gasteiger partial charge in [0.25, 0.3) is 0 Å². The minimum absolute atomic E-state index is 0.231. The molecule has 1 aliphatic rings. The zero-order valence-electron chi connectivity index (χ0n) is 8.42. The summed E-state index contributed by atoms with van der Waals surface area (Å²) in [6.45, 7) is 2.69. The van der Waals surface area contributed by atoms with Crippen molar-refractivity contribution >= 4 is 0 Å². The third-order valence-electron chi connectivity index (χ3n) is 2.59. The summed E-state index contributed by atoms with van der Waals surface area (Å²) in [5.41, 5.74) is 0.964. The molecule has 0 aromatic heterocycles. The second kappa shape index (κ2) is 3.99. The first-order valence-corrected chi connectivity index (χ1v) is 5.21. The molecule has 0 amide bonds. The summed E-state index contributed by atoms with van der Waals surface area (Å²) < 4.78 is 18.9. The maximum absolute atomic E-state index is 13.4. The van der Waals surface area contributed by atoms with E-state index in [0.717, 1.165) is 12.0 Å². The zero-order chi connectivity index (χ0) is 9.97. The maximum atomic E-state index is 13.4. The minimum Gasteiger partial charge on any atom is -0.490 e. The summed E-state index contributed by atoms with van der Waals surface area (Å²) in [6, 6.07) is 5.12. The van der Waals surface area contributed by atoms with Crippen LogP contribution in [0.4, 0.5) is 4.39 Å². The van der Waals surface area contributed by atoms with Crippen molar-refractivity contribution in [3.05, 3.63) is 29.6 Å². The van der Waals surface area contributed by atoms with Crippen LogP contribution in [0.2, 0.25) is 0 Å². The van der Waals surface area contributed by atoms with Gasteiger partial charge in [0.15, 0.2) is 11.6 Å². The highest BCUT2D eigenvalue weighted by atomic mass is 19.1. The Morgan fingerprint density at radius 2 is 2.21 bits per heavy atom. The molecule has 0 heterocycles. The Labute approximate surface area is 83.9 Å². The van der Waals surface area contributed by atoms with Crippen molar-refractivity contribution in [2.75, 3.05) is 6.61 Å². The van der Waals surface area contributed by atoms with Crippen molar-refractivity contribution in [3.63, 3.8) is 0 Å². The lowest BCUT2D eigenvalue weighted by atomic mass is 10.1. The fourth-order valence-electron chi connectivity index (χ4n) is 1.48. The van der Waals surface area contributed by atoms with E-state index in [9.17, 15) is 4.39 Å². The molecule has 0 spiro atoms. The Balaban J connectivity index is 2.11. The van der Waals surface area contributed by atoms with E-state index in [1.165, 1.54) is 18.9 Å². The van der Waals surface area contributed by atoms with Gasteiger partial charge in [0.2, 0.25) is 0 Å². The second-order valence-corrected chi connectivity index (χ2v) is 3.84. The molecule has 0 bridgehead atoms. The first-order chi connectivity index (χ1) is 6.81. The lowest BCUT2D eigenvalue weighted by molar-refractivity contribution is 0.282. The molecule has 1 aromatic rings. The number of benzene rings is 1. The fraction of sp³-hybridized carbons (Fsp3) is 0.500. The number of aryl methyl sites for hydroxylation is 1. The summed E-state index contributed by atoms with van der Waals surface area (Å²) >= 11 is 0. The molecule has 1 saturated carbocycles. The van der Waals surface area contributed by atoms with E-state index in [1.807, 2.05) is 13.0 Å². The van der Waals surface area contributed by atoms with Gasteiger partial charge in [-0.25, -0.2) is 4.39 Å². The first kappa shape index (κ1) is 9.50. The largest absolute Gasteiger partial charge is 0.490 e. The van der Waals surface area contributed by atoms with Crippen LogP contribution >= 0.6 is 0 Å². The Kier molecular flexibility index (Phi) is 2.71. The van der Waals surface area contributed by atoms with E-state index in [-0.39, 0.29) is 5.82 Å². The second-order valence-electron chi connectivity index (χ2n) is 3.84. The first-order valence-electron chi connectivity index (χ1n) is 5.21. The Bertz CT molecular complexity index is 318. The summed E-state index contributed by atoms with van der Waals surface area (Å²) in [6.07, 6.45) is 3.28. The third-order valence-corrected chi connectivity index (χ3v) is 2.59. The number of ether oxygens (including phenoxy) is 1. The van der Waals surface area contributed by atoms with E-state index < -0.39 is 0 Å². The molecule has 2 rings (SSSR count). The quantitative estimate of drug-likeness (QED) is 0.715. The molecule has 0 atom stereocenters. The van der Waals surface area contributed by atoms with Crippen LogP contribution < -0.4 is 4.74 Å². The van der Waals surface area contributed by atoms with Crippen molar-refractivity contribution in [1.29, 1.82) is 0 Å². The number of halogens is 1. The van der Waals surface area contributed by atoms with Gasteiger partial charge in [-0.1, -0.05) is 19.1 Å². The predicted molar refractivity (Wildman–Crippen MR) is 54.0 cm³/mol. The summed E-state index contributed by atoms with van der Waals surface area (Å²) in [7, 11) is 0. The SMILES string of the molecule is CCc1cccc(F)c1OCC1CC1. The highest BCUT2D eigenvalue weighted by molar-refractivity contribution is 5.34. The number of rotatable bonds is 4. The molecule has 1 nitrogen and oxygen atoms in total. The Hall–Kier alpha value is -1.05. The van der Waals surface area contributed by atoms with Crippen LogP contribution in [-0.2, 0) is 6.42 Å². The molecule has 1 aromatic carbocycles. The van der Waals surface area contributed by atoms with Crippen LogP contribution in [0.5, 0.6) is 5.75 Å². The van der Waals surface area contributed by atoms with E-state index in [4.69, 9.17) is 4.74 Å². The normalized spacial score (nSPS) is 15.6. The van der Waals surface area contributed by atoms with Crippen LogP contribution in [0.3, 0.4) is 0 Å². The number of para-hydroxylation sites is 1. The minimum atomic E-state index is -0.231. The van der Waals surface area contributed by atoms with Crippen LogP contribution in [0.25, 0.3) is 0 Å². The molecule has 0 aliphatic heterocycles. The number of hydrogen-bond acceptors (Lipinski definition) is 1. The van der Waals surface area contributed by atoms with Gasteiger partial charge in [-0.2, -0.15) is 0 Å². The van der Waals surface area contributed by atoms with Gasteiger partial charge in [0.05, 0.1) is 6.61 Å². The summed E-state index contributed by atoms with van der Waals surface area (Å²) in [5, 5.41) is 0. The van der Waals surface area contributed by atoms with Gasteiger partial charge in [-0.3, -0.25) is 0 Å². The van der Waals surface area contributed by atoms with Gasteiger partial charge < -0.3 is 4.74 Å². The van der Waals surface area contributed by atoms with Crippen molar-refractivity contribution in [1.82, 2.24) is 0 Å². The predicted octanol–water partition coefficient (Wildman–Crippen LogP) is 3.18. The van der Waals surface area contributed by atoms with Crippen LogP contribution in [0.15, 0.2) is 18.2 Å². The average Bonchev–Trinajstić information content (AvgIpc) is 2.99. The standard InChI is InChI=1S/C12H15FO/c1-2-10-4-3-5-11(13)12(10)14-8-9-6-7-9/h3-5,9H,2,6-8H2,1H3. The van der Waals surface area contributed by atoms with Crippen LogP contribution in [0, 0.1) is 11.7 Å². The third kappa shape index (κ3) is 2.06. The van der Waals surface area contributed by atoms with E-state index in [2.05, 4.69) is 0 Å². The molecule has 2 heteroatoms. The van der Waals surface area contributed by atoms with Crippen molar-refractivity contribution in [3.8, 4) is 5.75 Å². The molecule has 0 radical (unpaired) electrons. The number of hydrogen-bond donors (Lipinski definition) is 0. The highest BCUT2D eigenvalue weighted by Crippen LogP contribution is 2.31. The molecule has 1 fully saturated rings. The topological polar surface area (TPSA) is 9.23 Å². The summed E-state index contributed by atoms with van der Waals surface area (Å²) in [5.74, 6) is 0.895. The van der Waals surface area contributed by atoms with Crippen LogP contribution in [-0.4, -0.2) is 6.61 Å². The van der Waals surface area contributed by atoms with Gasteiger partial charge in [-0.05, 0) is 36.8 Å². The Morgan fingerprint density at radius 1 is 1.43 bits per heavy atom. The Morgan fingerprint density at radius 3 is 2.86 bits per heavy atom. The van der Waals surface area contributed by atoms with Crippen molar-refractivity contribution in [2.45, 2.75) is 26.2 Å². The molecule has 0 saturated heterocycles. The monoisotopic (exact) mass is 194 g/mol. The smallest absolute Gasteiger partial charge is 0.165 e. The van der Waals surface area contributed by atoms with Crippen molar-refractivity contribution in [2.24, 2.45) is 5.92 Å². The molecular weight excluding hydrogens is 179 g/mol. The molecule has 76 valence electrons. The van der Waals surface area contributed by atoms with Gasteiger partial charge in [-0.15, -0.1) is 0 Å². The van der Waals surface area contributed by atoms with Gasteiger partial charge >= 0.3 is 0 Å². The van der Waals surface area contributed by atoms with Gasteiger partial charge in [0.1, 0.15) is 0 Å². The van der Waals surface area contributed by atoms with E-state index in [1.54, 1.807) is 6.07 Å². The fourth-order valence-corrected chi connectivity index (χ4v) is 1.48. The molecule has 14 heavy (non-hydrogen) atoms.